The average molecular weight is 218 g/mol. The van der Waals surface area contributed by atoms with Crippen LogP contribution in [0.25, 0.3) is 0 Å². The van der Waals surface area contributed by atoms with Crippen molar-refractivity contribution >= 4 is 6.98 Å². The van der Waals surface area contributed by atoms with Crippen LogP contribution in [0.15, 0.2) is 18.2 Å². The summed E-state index contributed by atoms with van der Waals surface area (Å²) in [7, 11) is 0. The van der Waals surface area contributed by atoms with Crippen LogP contribution in [0, 0.1) is 17.1 Å². The Balaban J connectivity index is 2.87. The second-order valence-corrected chi connectivity index (χ2v) is 2.75. The molecule has 15 heavy (non-hydrogen) atoms. The summed E-state index contributed by atoms with van der Waals surface area (Å²) in [6, 6.07) is 4.71. The van der Waals surface area contributed by atoms with Gasteiger partial charge in [0.1, 0.15) is 23.2 Å². The molecule has 0 aromatic heterocycles. The topological polar surface area (TPSA) is 33.0 Å². The molecule has 0 saturated carbocycles. The highest BCUT2D eigenvalue weighted by atomic mass is 19.4. The van der Waals surface area contributed by atoms with E-state index in [9.17, 15) is 17.3 Å². The van der Waals surface area contributed by atoms with Gasteiger partial charge < -0.3 is 17.7 Å². The van der Waals surface area contributed by atoms with E-state index >= 15 is 0 Å². The van der Waals surface area contributed by atoms with Crippen molar-refractivity contribution in [2.75, 3.05) is 6.51 Å². The molecule has 0 saturated heterocycles. The molecule has 0 spiro atoms. The van der Waals surface area contributed by atoms with Crippen molar-refractivity contribution in [3.8, 4) is 11.8 Å². The normalized spacial score (nSPS) is 10.9. The van der Waals surface area contributed by atoms with E-state index in [1.54, 1.807) is 0 Å². The molecule has 1 aromatic carbocycles. The van der Waals surface area contributed by atoms with E-state index in [-0.39, 0.29) is 0 Å². The summed E-state index contributed by atoms with van der Waals surface area (Å²) in [5.41, 5.74) is -0.516. The zero-order valence-corrected chi connectivity index (χ0v) is 7.38. The van der Waals surface area contributed by atoms with Crippen molar-refractivity contribution in [2.24, 2.45) is 0 Å². The van der Waals surface area contributed by atoms with Crippen LogP contribution in [-0.2, 0) is 0 Å². The summed E-state index contributed by atoms with van der Waals surface area (Å²) in [6.07, 6.45) is 0. The van der Waals surface area contributed by atoms with Gasteiger partial charge in [-0.1, -0.05) is 6.07 Å². The van der Waals surface area contributed by atoms with Crippen molar-refractivity contribution < 1.29 is 22.1 Å². The number of benzene rings is 1. The molecule has 0 aliphatic carbocycles. The van der Waals surface area contributed by atoms with Crippen LogP contribution in [0.4, 0.5) is 17.3 Å². The monoisotopic (exact) mass is 218 g/mol. The lowest BCUT2D eigenvalue weighted by molar-refractivity contribution is 0.311. The van der Waals surface area contributed by atoms with Crippen LogP contribution in [0.5, 0.6) is 5.75 Å². The van der Waals surface area contributed by atoms with Crippen LogP contribution >= 0.6 is 0 Å². The molecule has 1 rings (SSSR count). The van der Waals surface area contributed by atoms with Crippen molar-refractivity contribution in [3.63, 3.8) is 0 Å². The van der Waals surface area contributed by atoms with E-state index in [2.05, 4.69) is 4.74 Å². The van der Waals surface area contributed by atoms with Gasteiger partial charge in [0.25, 0.3) is 0 Å². The molecule has 0 aliphatic heterocycles. The summed E-state index contributed by atoms with van der Waals surface area (Å²) >= 11 is 0. The summed E-state index contributed by atoms with van der Waals surface area (Å²) in [6.45, 7) is -6.60. The first kappa shape index (κ1) is 11.4. The maximum atomic E-state index is 12.9. The van der Waals surface area contributed by atoms with Gasteiger partial charge in [0.05, 0.1) is 6.51 Å². The zero-order chi connectivity index (χ0) is 11.5. The van der Waals surface area contributed by atoms with Gasteiger partial charge in [0.2, 0.25) is 0 Å². The van der Waals surface area contributed by atoms with Gasteiger partial charge in [-0.25, -0.2) is 4.39 Å². The Kier molecular flexibility index (Phi) is 3.19. The molecule has 7 heteroatoms. The molecular formula is C8H5BF4NO-. The van der Waals surface area contributed by atoms with Crippen molar-refractivity contribution in [1.29, 1.82) is 5.26 Å². The lowest BCUT2D eigenvalue weighted by Crippen LogP contribution is -2.26. The first-order valence-corrected chi connectivity index (χ1v) is 3.96. The summed E-state index contributed by atoms with van der Waals surface area (Å²) in [5, 5.41) is 8.48. The van der Waals surface area contributed by atoms with Crippen LogP contribution in [-0.4, -0.2) is 13.5 Å². The molecule has 80 valence electrons. The minimum atomic E-state index is -5.11. The minimum Gasteiger partial charge on any atom is -0.520 e. The summed E-state index contributed by atoms with van der Waals surface area (Å²) in [5.74, 6) is -1.29. The molecule has 0 N–H and O–H groups in total. The molecule has 1 aromatic rings. The number of halogens is 4. The van der Waals surface area contributed by atoms with E-state index in [0.29, 0.717) is 0 Å². The highest BCUT2D eigenvalue weighted by molar-refractivity contribution is 6.58. The second kappa shape index (κ2) is 4.21. The fraction of sp³-hybridized carbons (Fsp3) is 0.125. The van der Waals surface area contributed by atoms with E-state index in [0.717, 1.165) is 12.1 Å². The molecule has 0 unspecified atom stereocenters. The molecule has 2 nitrogen and oxygen atoms in total. The Morgan fingerprint density at radius 1 is 1.33 bits per heavy atom. The summed E-state index contributed by atoms with van der Waals surface area (Å²) in [4.78, 5) is 0. The maximum absolute atomic E-state index is 12.9. The van der Waals surface area contributed by atoms with Crippen molar-refractivity contribution in [3.05, 3.63) is 29.6 Å². The first-order valence-electron chi connectivity index (χ1n) is 3.96. The molecule has 0 fully saturated rings. The Bertz CT molecular complexity index is 399. The van der Waals surface area contributed by atoms with Gasteiger partial charge in [0.15, 0.2) is 0 Å². The second-order valence-electron chi connectivity index (χ2n) is 2.75. The fourth-order valence-corrected chi connectivity index (χ4v) is 0.917. The Labute approximate surface area is 83.1 Å². The van der Waals surface area contributed by atoms with Gasteiger partial charge in [-0.2, -0.15) is 5.26 Å². The highest BCUT2D eigenvalue weighted by Gasteiger charge is 2.25. The predicted molar refractivity (Wildman–Crippen MR) is 45.7 cm³/mol. The van der Waals surface area contributed by atoms with Crippen molar-refractivity contribution in [2.45, 2.75) is 0 Å². The molecule has 0 bridgehead atoms. The number of hydrogen-bond acceptors (Lipinski definition) is 2. The largest absolute Gasteiger partial charge is 0.520 e. The Hall–Kier alpha value is -1.71. The molecule has 0 atom stereocenters. The summed E-state index contributed by atoms with van der Waals surface area (Å²) < 4.78 is 52.7. The molecule has 0 radical (unpaired) electrons. The number of hydrogen-bond donors (Lipinski definition) is 0. The Morgan fingerprint density at radius 2 is 2.00 bits per heavy atom. The standard InChI is InChI=1S/C8H5BF4NO/c10-7-2-1-3-8(6(7)4-14)15-5-9(11,12)13/h1-3H,5H2/q-1. The van der Waals surface area contributed by atoms with Gasteiger partial charge in [-0.05, 0) is 12.1 Å². The van der Waals surface area contributed by atoms with E-state index in [1.165, 1.54) is 12.1 Å². The van der Waals surface area contributed by atoms with Crippen LogP contribution in [0.2, 0.25) is 0 Å². The predicted octanol–water partition coefficient (Wildman–Crippen LogP) is 2.46. The number of nitrogens with zero attached hydrogens (tertiary/aromatic N) is 1. The number of ether oxygens (including phenoxy) is 1. The van der Waals surface area contributed by atoms with Crippen LogP contribution < -0.4 is 4.74 Å². The van der Waals surface area contributed by atoms with Gasteiger partial charge in [-0.3, -0.25) is 0 Å². The lowest BCUT2D eigenvalue weighted by atomic mass is 9.95. The zero-order valence-electron chi connectivity index (χ0n) is 7.38. The van der Waals surface area contributed by atoms with E-state index < -0.39 is 30.6 Å². The van der Waals surface area contributed by atoms with Gasteiger partial charge >= 0.3 is 6.98 Å². The van der Waals surface area contributed by atoms with Crippen molar-refractivity contribution in [1.82, 2.24) is 0 Å². The lowest BCUT2D eigenvalue weighted by Gasteiger charge is -2.15. The molecule has 0 heterocycles. The SMILES string of the molecule is N#Cc1c(F)cccc1OC[B-](F)(F)F. The smallest absolute Gasteiger partial charge is 0.515 e. The van der Waals surface area contributed by atoms with Crippen LogP contribution in [0.3, 0.4) is 0 Å². The quantitative estimate of drug-likeness (QED) is 0.576. The molecular weight excluding hydrogens is 213 g/mol. The maximum Gasteiger partial charge on any atom is 0.515 e. The molecule has 0 aliphatic rings. The van der Waals surface area contributed by atoms with E-state index in [1.807, 2.05) is 0 Å². The fourth-order valence-electron chi connectivity index (χ4n) is 0.917. The third-order valence-corrected chi connectivity index (χ3v) is 1.52. The Morgan fingerprint density at radius 3 is 2.53 bits per heavy atom. The average Bonchev–Trinajstić information content (AvgIpc) is 2.13. The number of nitriles is 1. The minimum absolute atomic E-state index is 0.392. The van der Waals surface area contributed by atoms with Crippen LogP contribution in [0.1, 0.15) is 5.56 Å². The first-order chi connectivity index (χ1) is 6.94. The van der Waals surface area contributed by atoms with E-state index in [4.69, 9.17) is 5.26 Å². The molecule has 0 amide bonds. The highest BCUT2D eigenvalue weighted by Crippen LogP contribution is 2.21. The van der Waals surface area contributed by atoms with Gasteiger partial charge in [0, 0.05) is 0 Å². The number of rotatable bonds is 3. The third kappa shape index (κ3) is 3.16. The third-order valence-electron chi connectivity index (χ3n) is 1.52. The van der Waals surface area contributed by atoms with Gasteiger partial charge in [-0.15, -0.1) is 0 Å².